The summed E-state index contributed by atoms with van der Waals surface area (Å²) in [6.45, 7) is 5.25. The molecule has 0 bridgehead atoms. The van der Waals surface area contributed by atoms with E-state index in [1.165, 1.54) is 0 Å². The number of aromatic nitrogens is 4. The molecule has 0 saturated heterocycles. The Bertz CT molecular complexity index is 747. The molecule has 0 aliphatic heterocycles. The van der Waals surface area contributed by atoms with Crippen LogP contribution < -0.4 is 0 Å². The third-order valence-corrected chi connectivity index (χ3v) is 4.99. The molecule has 1 aliphatic rings. The van der Waals surface area contributed by atoms with Gasteiger partial charge in [-0.15, -0.1) is 0 Å². The summed E-state index contributed by atoms with van der Waals surface area (Å²) in [6, 6.07) is 3.91. The summed E-state index contributed by atoms with van der Waals surface area (Å²) in [5.41, 5.74) is 3.51. The number of amides is 1. The van der Waals surface area contributed by atoms with Gasteiger partial charge in [-0.3, -0.25) is 14.2 Å². The summed E-state index contributed by atoms with van der Waals surface area (Å²) in [7, 11) is 3.80. The largest absolute Gasteiger partial charge is 0.331 e. The summed E-state index contributed by atoms with van der Waals surface area (Å²) in [6.07, 6.45) is 7.71. The van der Waals surface area contributed by atoms with E-state index in [4.69, 9.17) is 0 Å². The van der Waals surface area contributed by atoms with Crippen molar-refractivity contribution >= 4 is 5.91 Å². The molecule has 6 nitrogen and oxygen atoms in total. The standard InChI is InChI=1S/C19H27N5O/c1-14-10-17(20-22(14)3)13-24(12-16-8-6-5-7-9-16)19(25)18-11-15(2)23(4)21-18/h5-6,10-11,16H,7-9,12-13H2,1-4H3/t16-/m1/s1. The maximum absolute atomic E-state index is 13.1. The van der Waals surface area contributed by atoms with Crippen LogP contribution in [-0.4, -0.2) is 36.9 Å². The Hall–Kier alpha value is -2.37. The van der Waals surface area contributed by atoms with Crippen molar-refractivity contribution in [2.24, 2.45) is 20.0 Å². The van der Waals surface area contributed by atoms with Crippen LogP contribution in [0.25, 0.3) is 0 Å². The fraction of sp³-hybridized carbons (Fsp3) is 0.526. The number of nitrogens with zero attached hydrogens (tertiary/aromatic N) is 5. The third kappa shape index (κ3) is 4.00. The van der Waals surface area contributed by atoms with E-state index in [0.29, 0.717) is 18.2 Å². The Labute approximate surface area is 149 Å². The van der Waals surface area contributed by atoms with Gasteiger partial charge in [0.25, 0.3) is 5.91 Å². The van der Waals surface area contributed by atoms with Crippen molar-refractivity contribution in [2.75, 3.05) is 6.54 Å². The molecule has 25 heavy (non-hydrogen) atoms. The van der Waals surface area contributed by atoms with E-state index in [9.17, 15) is 4.79 Å². The first-order valence-corrected chi connectivity index (χ1v) is 8.88. The fourth-order valence-corrected chi connectivity index (χ4v) is 3.29. The van der Waals surface area contributed by atoms with Gasteiger partial charge in [0.15, 0.2) is 5.69 Å². The molecule has 2 aromatic heterocycles. The van der Waals surface area contributed by atoms with Crippen molar-refractivity contribution in [3.8, 4) is 0 Å². The molecule has 0 saturated carbocycles. The van der Waals surface area contributed by atoms with Gasteiger partial charge in [0, 0.05) is 32.0 Å². The zero-order valence-corrected chi connectivity index (χ0v) is 15.6. The molecule has 0 radical (unpaired) electrons. The average Bonchev–Trinajstić information content (AvgIpc) is 3.09. The molecule has 0 spiro atoms. The molecule has 1 amide bonds. The second-order valence-corrected chi connectivity index (χ2v) is 7.03. The number of hydrogen-bond acceptors (Lipinski definition) is 3. The second kappa shape index (κ2) is 7.25. The molecule has 1 atom stereocenters. The lowest BCUT2D eigenvalue weighted by Crippen LogP contribution is -2.35. The van der Waals surface area contributed by atoms with E-state index in [0.717, 1.165) is 42.9 Å². The van der Waals surface area contributed by atoms with Crippen LogP contribution >= 0.6 is 0 Å². The fourth-order valence-electron chi connectivity index (χ4n) is 3.29. The summed E-state index contributed by atoms with van der Waals surface area (Å²) in [5.74, 6) is 0.491. The van der Waals surface area contributed by atoms with Crippen molar-refractivity contribution < 1.29 is 4.79 Å². The van der Waals surface area contributed by atoms with Gasteiger partial charge < -0.3 is 4.90 Å². The first kappa shape index (κ1) is 17.5. The molecule has 1 aliphatic carbocycles. The zero-order valence-electron chi connectivity index (χ0n) is 15.6. The number of rotatable bonds is 5. The highest BCUT2D eigenvalue weighted by molar-refractivity contribution is 5.92. The molecule has 0 N–H and O–H groups in total. The lowest BCUT2D eigenvalue weighted by atomic mass is 9.94. The molecule has 0 unspecified atom stereocenters. The van der Waals surface area contributed by atoms with Crippen LogP contribution in [0.2, 0.25) is 0 Å². The van der Waals surface area contributed by atoms with Crippen molar-refractivity contribution in [3.05, 3.63) is 47.1 Å². The SMILES string of the molecule is Cc1cc(CN(C[C@@H]2CC=CCC2)C(=O)c2cc(C)n(C)n2)nn1C. The first-order valence-electron chi connectivity index (χ1n) is 8.88. The van der Waals surface area contributed by atoms with Crippen LogP contribution in [0.5, 0.6) is 0 Å². The van der Waals surface area contributed by atoms with Gasteiger partial charge in [-0.05, 0) is 51.2 Å². The monoisotopic (exact) mass is 341 g/mol. The topological polar surface area (TPSA) is 56.0 Å². The summed E-state index contributed by atoms with van der Waals surface area (Å²) < 4.78 is 3.60. The minimum absolute atomic E-state index is 0.0124. The van der Waals surface area contributed by atoms with E-state index >= 15 is 0 Å². The number of aryl methyl sites for hydroxylation is 4. The van der Waals surface area contributed by atoms with Gasteiger partial charge in [-0.25, -0.2) is 0 Å². The summed E-state index contributed by atoms with van der Waals surface area (Å²) in [4.78, 5) is 15.0. The lowest BCUT2D eigenvalue weighted by molar-refractivity contribution is 0.0700. The third-order valence-electron chi connectivity index (χ3n) is 4.99. The normalized spacial score (nSPS) is 17.0. The Morgan fingerprint density at radius 3 is 2.44 bits per heavy atom. The van der Waals surface area contributed by atoms with Gasteiger partial charge in [0.2, 0.25) is 0 Å². The van der Waals surface area contributed by atoms with E-state index in [-0.39, 0.29) is 5.91 Å². The highest BCUT2D eigenvalue weighted by Crippen LogP contribution is 2.21. The maximum atomic E-state index is 13.1. The molecule has 2 aromatic rings. The number of carbonyl (C=O) groups excluding carboxylic acids is 1. The van der Waals surface area contributed by atoms with Crippen LogP contribution in [0.1, 0.15) is 46.8 Å². The Balaban J connectivity index is 1.81. The molecule has 0 fully saturated rings. The van der Waals surface area contributed by atoms with Gasteiger partial charge in [-0.2, -0.15) is 10.2 Å². The van der Waals surface area contributed by atoms with Crippen molar-refractivity contribution in [3.63, 3.8) is 0 Å². The van der Waals surface area contributed by atoms with E-state index < -0.39 is 0 Å². The predicted octanol–water partition coefficient (Wildman–Crippen LogP) is 2.77. The zero-order chi connectivity index (χ0) is 18.0. The van der Waals surface area contributed by atoms with Crippen LogP contribution in [-0.2, 0) is 20.6 Å². The number of hydrogen-bond donors (Lipinski definition) is 0. The Morgan fingerprint density at radius 1 is 1.16 bits per heavy atom. The quantitative estimate of drug-likeness (QED) is 0.786. The van der Waals surface area contributed by atoms with Crippen molar-refractivity contribution in [2.45, 2.75) is 39.7 Å². The minimum atomic E-state index is -0.0124. The van der Waals surface area contributed by atoms with Crippen LogP contribution in [0, 0.1) is 19.8 Å². The smallest absolute Gasteiger partial charge is 0.274 e. The first-order chi connectivity index (χ1) is 11.9. The second-order valence-electron chi connectivity index (χ2n) is 7.03. The molecule has 134 valence electrons. The predicted molar refractivity (Wildman–Crippen MR) is 97.1 cm³/mol. The molecule has 2 heterocycles. The van der Waals surface area contributed by atoms with Crippen molar-refractivity contribution in [1.29, 1.82) is 0 Å². The van der Waals surface area contributed by atoms with Crippen molar-refractivity contribution in [1.82, 2.24) is 24.5 Å². The van der Waals surface area contributed by atoms with Gasteiger partial charge in [0.1, 0.15) is 0 Å². The Kier molecular flexibility index (Phi) is 5.06. The van der Waals surface area contributed by atoms with E-state index in [1.807, 2.05) is 49.7 Å². The van der Waals surface area contributed by atoms with Gasteiger partial charge in [0.05, 0.1) is 12.2 Å². The van der Waals surface area contributed by atoms with E-state index in [1.54, 1.807) is 4.68 Å². The highest BCUT2D eigenvalue weighted by atomic mass is 16.2. The maximum Gasteiger partial charge on any atom is 0.274 e. The van der Waals surface area contributed by atoms with Crippen LogP contribution in [0.4, 0.5) is 0 Å². The van der Waals surface area contributed by atoms with Gasteiger partial charge >= 0.3 is 0 Å². The van der Waals surface area contributed by atoms with Gasteiger partial charge in [-0.1, -0.05) is 12.2 Å². The molecule has 6 heteroatoms. The number of allylic oxidation sites excluding steroid dienone is 2. The minimum Gasteiger partial charge on any atom is -0.331 e. The number of carbonyl (C=O) groups is 1. The Morgan fingerprint density at radius 2 is 1.88 bits per heavy atom. The highest BCUT2D eigenvalue weighted by Gasteiger charge is 2.24. The molecular formula is C19H27N5O. The van der Waals surface area contributed by atoms with Crippen LogP contribution in [0.15, 0.2) is 24.3 Å². The average molecular weight is 341 g/mol. The summed E-state index contributed by atoms with van der Waals surface area (Å²) in [5, 5.41) is 8.90. The van der Waals surface area contributed by atoms with Crippen LogP contribution in [0.3, 0.4) is 0 Å². The molecular weight excluding hydrogens is 314 g/mol. The lowest BCUT2D eigenvalue weighted by Gasteiger charge is -2.27. The molecule has 3 rings (SSSR count). The van der Waals surface area contributed by atoms with E-state index in [2.05, 4.69) is 22.3 Å². The molecule has 0 aromatic carbocycles. The summed E-state index contributed by atoms with van der Waals surface area (Å²) >= 11 is 0.